The molecule has 0 heterocycles. The molecule has 5 nitrogen and oxygen atoms in total. The second-order valence-corrected chi connectivity index (χ2v) is 4.04. The molecule has 0 aliphatic heterocycles. The highest BCUT2D eigenvalue weighted by atomic mass is 16.6. The maximum atomic E-state index is 10.7. The molecule has 0 fully saturated rings. The molecule has 1 aromatic carbocycles. The number of non-ortho nitro benzene ring substituents is 1. The highest BCUT2D eigenvalue weighted by Crippen LogP contribution is 2.30. The Labute approximate surface area is 100 Å². The average Bonchev–Trinajstić information content (AvgIpc) is 2.27. The quantitative estimate of drug-likeness (QED) is 0.631. The molecule has 0 spiro atoms. The minimum absolute atomic E-state index is 0.0103. The SMILES string of the molecule is C[C](CO)c1cc([N+](=O)[O-])ccc1OC(C)C. The summed E-state index contributed by atoms with van der Waals surface area (Å²) in [5, 5.41) is 19.8. The van der Waals surface area contributed by atoms with Gasteiger partial charge in [0.25, 0.3) is 5.69 Å². The van der Waals surface area contributed by atoms with E-state index < -0.39 is 4.92 Å². The number of aliphatic hydroxyl groups is 1. The zero-order chi connectivity index (χ0) is 13.0. The molecule has 1 aromatic rings. The number of nitro benzene ring substituents is 1. The molecular weight excluding hydrogens is 222 g/mol. The lowest BCUT2D eigenvalue weighted by Crippen LogP contribution is -2.10. The lowest BCUT2D eigenvalue weighted by Gasteiger charge is -2.16. The van der Waals surface area contributed by atoms with Crippen LogP contribution in [0.1, 0.15) is 26.3 Å². The van der Waals surface area contributed by atoms with Crippen LogP contribution in [0.5, 0.6) is 5.75 Å². The standard InChI is InChI=1S/C12H16NO4/c1-8(2)17-12-5-4-10(13(15)16)6-11(12)9(3)7-14/h4-6,8,14H,7H2,1-3H3. The third-order valence-electron chi connectivity index (χ3n) is 2.23. The minimum Gasteiger partial charge on any atom is -0.491 e. The molecule has 0 aromatic heterocycles. The van der Waals surface area contributed by atoms with Gasteiger partial charge in [-0.2, -0.15) is 0 Å². The molecule has 0 unspecified atom stereocenters. The highest BCUT2D eigenvalue weighted by Gasteiger charge is 2.17. The predicted molar refractivity (Wildman–Crippen MR) is 64.0 cm³/mol. The summed E-state index contributed by atoms with van der Waals surface area (Å²) in [4.78, 5) is 10.2. The van der Waals surface area contributed by atoms with Crippen LogP contribution in [0.2, 0.25) is 0 Å². The number of hydrogen-bond acceptors (Lipinski definition) is 4. The number of aliphatic hydroxyl groups excluding tert-OH is 1. The molecule has 0 saturated heterocycles. The smallest absolute Gasteiger partial charge is 0.269 e. The Morgan fingerprint density at radius 3 is 2.65 bits per heavy atom. The molecule has 0 amide bonds. The van der Waals surface area contributed by atoms with Crippen molar-refractivity contribution in [3.05, 3.63) is 39.8 Å². The maximum absolute atomic E-state index is 10.7. The van der Waals surface area contributed by atoms with Crippen molar-refractivity contribution in [2.75, 3.05) is 6.61 Å². The zero-order valence-corrected chi connectivity index (χ0v) is 10.1. The highest BCUT2D eigenvalue weighted by molar-refractivity contribution is 5.50. The Bertz CT molecular complexity index is 403. The third-order valence-corrected chi connectivity index (χ3v) is 2.23. The van der Waals surface area contributed by atoms with Crippen molar-refractivity contribution >= 4 is 5.69 Å². The Morgan fingerprint density at radius 2 is 2.18 bits per heavy atom. The van der Waals surface area contributed by atoms with Gasteiger partial charge in [0.2, 0.25) is 0 Å². The van der Waals surface area contributed by atoms with E-state index in [1.807, 2.05) is 13.8 Å². The molecular formula is C12H16NO4. The predicted octanol–water partition coefficient (Wildman–Crippen LogP) is 2.32. The summed E-state index contributed by atoms with van der Waals surface area (Å²) in [6.45, 7) is 5.31. The first kappa shape index (κ1) is 13.4. The molecule has 1 radical (unpaired) electrons. The van der Waals surface area contributed by atoms with Gasteiger partial charge in [-0.05, 0) is 19.9 Å². The second-order valence-electron chi connectivity index (χ2n) is 4.04. The maximum Gasteiger partial charge on any atom is 0.269 e. The van der Waals surface area contributed by atoms with Crippen molar-refractivity contribution in [2.24, 2.45) is 0 Å². The van der Waals surface area contributed by atoms with Crippen LogP contribution < -0.4 is 4.74 Å². The first-order chi connectivity index (χ1) is 7.95. The number of hydrogen-bond donors (Lipinski definition) is 1. The van der Waals surface area contributed by atoms with E-state index in [9.17, 15) is 10.1 Å². The Balaban J connectivity index is 3.16. The molecule has 0 bridgehead atoms. The summed E-state index contributed by atoms with van der Waals surface area (Å²) >= 11 is 0. The summed E-state index contributed by atoms with van der Waals surface area (Å²) in [5.74, 6) is 1.20. The van der Waals surface area contributed by atoms with Crippen LogP contribution in [-0.2, 0) is 0 Å². The molecule has 0 saturated carbocycles. The van der Waals surface area contributed by atoms with Gasteiger partial charge in [-0.3, -0.25) is 10.1 Å². The molecule has 0 aliphatic carbocycles. The van der Waals surface area contributed by atoms with Crippen molar-refractivity contribution in [3.8, 4) is 5.75 Å². The van der Waals surface area contributed by atoms with Crippen LogP contribution >= 0.6 is 0 Å². The average molecular weight is 238 g/mol. The fraction of sp³-hybridized carbons (Fsp3) is 0.417. The Hall–Kier alpha value is -1.62. The Kier molecular flexibility index (Phi) is 4.45. The van der Waals surface area contributed by atoms with Crippen LogP contribution in [0.15, 0.2) is 18.2 Å². The number of nitrogens with zero attached hydrogens (tertiary/aromatic N) is 1. The Morgan fingerprint density at radius 1 is 1.53 bits per heavy atom. The van der Waals surface area contributed by atoms with Crippen molar-refractivity contribution in [1.29, 1.82) is 0 Å². The molecule has 17 heavy (non-hydrogen) atoms. The molecule has 93 valence electrons. The number of benzene rings is 1. The van der Waals surface area contributed by atoms with Crippen LogP contribution in [0.4, 0.5) is 5.69 Å². The molecule has 0 atom stereocenters. The summed E-state index contributed by atoms with van der Waals surface area (Å²) < 4.78 is 5.55. The van der Waals surface area contributed by atoms with Crippen molar-refractivity contribution in [2.45, 2.75) is 26.9 Å². The third kappa shape index (κ3) is 3.42. The fourth-order valence-electron chi connectivity index (χ4n) is 1.41. The van der Waals surface area contributed by atoms with Gasteiger partial charge in [-0.1, -0.05) is 6.92 Å². The second kappa shape index (κ2) is 5.63. The lowest BCUT2D eigenvalue weighted by molar-refractivity contribution is -0.384. The van der Waals surface area contributed by atoms with Crippen molar-refractivity contribution in [3.63, 3.8) is 0 Å². The first-order valence-corrected chi connectivity index (χ1v) is 5.34. The van der Waals surface area contributed by atoms with E-state index >= 15 is 0 Å². The molecule has 1 N–H and O–H groups in total. The van der Waals surface area contributed by atoms with Crippen molar-refractivity contribution < 1.29 is 14.8 Å². The number of ether oxygens (including phenoxy) is 1. The number of rotatable bonds is 5. The van der Waals surface area contributed by atoms with E-state index in [2.05, 4.69) is 0 Å². The van der Waals surface area contributed by atoms with E-state index in [1.54, 1.807) is 13.0 Å². The van der Waals surface area contributed by atoms with Gasteiger partial charge < -0.3 is 9.84 Å². The zero-order valence-electron chi connectivity index (χ0n) is 10.1. The summed E-state index contributed by atoms with van der Waals surface area (Å²) in [5.41, 5.74) is 0.569. The van der Waals surface area contributed by atoms with Gasteiger partial charge in [0.15, 0.2) is 0 Å². The minimum atomic E-state index is -0.465. The van der Waals surface area contributed by atoms with Crippen LogP contribution in [0, 0.1) is 16.0 Å². The van der Waals surface area contributed by atoms with E-state index in [-0.39, 0.29) is 18.4 Å². The summed E-state index contributed by atoms with van der Waals surface area (Å²) in [6.07, 6.45) is -0.0262. The topological polar surface area (TPSA) is 72.6 Å². The van der Waals surface area contributed by atoms with E-state index in [1.165, 1.54) is 12.1 Å². The van der Waals surface area contributed by atoms with Gasteiger partial charge in [0.1, 0.15) is 5.75 Å². The lowest BCUT2D eigenvalue weighted by atomic mass is 10.0. The van der Waals surface area contributed by atoms with E-state index in [0.717, 1.165) is 0 Å². The van der Waals surface area contributed by atoms with Crippen LogP contribution in [0.3, 0.4) is 0 Å². The number of nitro groups is 1. The monoisotopic (exact) mass is 238 g/mol. The van der Waals surface area contributed by atoms with Crippen molar-refractivity contribution in [1.82, 2.24) is 0 Å². The van der Waals surface area contributed by atoms with E-state index in [0.29, 0.717) is 17.2 Å². The fourth-order valence-corrected chi connectivity index (χ4v) is 1.41. The summed E-state index contributed by atoms with van der Waals surface area (Å²) in [6, 6.07) is 4.38. The van der Waals surface area contributed by atoms with Gasteiger partial charge in [-0.15, -0.1) is 0 Å². The van der Waals surface area contributed by atoms with Gasteiger partial charge in [0, 0.05) is 23.6 Å². The van der Waals surface area contributed by atoms with Gasteiger partial charge in [0.05, 0.1) is 17.6 Å². The van der Waals surface area contributed by atoms with Crippen LogP contribution in [-0.4, -0.2) is 22.7 Å². The molecule has 1 rings (SSSR count). The molecule has 5 heteroatoms. The largest absolute Gasteiger partial charge is 0.491 e. The summed E-state index contributed by atoms with van der Waals surface area (Å²) in [7, 11) is 0. The first-order valence-electron chi connectivity index (χ1n) is 5.34. The van der Waals surface area contributed by atoms with Gasteiger partial charge >= 0.3 is 0 Å². The normalized spacial score (nSPS) is 10.9. The van der Waals surface area contributed by atoms with Gasteiger partial charge in [-0.25, -0.2) is 0 Å². The van der Waals surface area contributed by atoms with E-state index in [4.69, 9.17) is 9.84 Å². The molecule has 0 aliphatic rings. The van der Waals surface area contributed by atoms with Crippen LogP contribution in [0.25, 0.3) is 0 Å².